The highest BCUT2D eigenvalue weighted by Gasteiger charge is 2.21. The van der Waals surface area contributed by atoms with E-state index in [9.17, 15) is 0 Å². The molecule has 0 amide bonds. The van der Waals surface area contributed by atoms with Crippen molar-refractivity contribution in [2.75, 3.05) is 4.90 Å². The fourth-order valence-corrected chi connectivity index (χ4v) is 3.22. The first kappa shape index (κ1) is 15.7. The summed E-state index contributed by atoms with van der Waals surface area (Å²) in [5, 5.41) is 0.844. The van der Waals surface area contributed by atoms with E-state index in [0.717, 1.165) is 27.9 Å². The van der Waals surface area contributed by atoms with Gasteiger partial charge in [0.1, 0.15) is 16.8 Å². The monoisotopic (exact) mass is 353 g/mol. The Morgan fingerprint density at radius 3 is 2.88 bits per heavy atom. The average Bonchev–Trinajstić information content (AvgIpc) is 3.06. The topological polar surface area (TPSA) is 50.9 Å². The number of rotatable bonds is 3. The van der Waals surface area contributed by atoms with Gasteiger partial charge >= 0.3 is 0 Å². The van der Waals surface area contributed by atoms with Crippen molar-refractivity contribution < 1.29 is 9.15 Å². The van der Waals surface area contributed by atoms with E-state index in [-0.39, 0.29) is 5.50 Å². The van der Waals surface area contributed by atoms with Gasteiger partial charge < -0.3 is 14.1 Å². The highest BCUT2D eigenvalue weighted by Crippen LogP contribution is 2.34. The largest absolute Gasteiger partial charge is 0.464 e. The number of benzene rings is 1. The van der Waals surface area contributed by atoms with Gasteiger partial charge in [-0.2, -0.15) is 0 Å². The van der Waals surface area contributed by atoms with E-state index in [1.165, 1.54) is 0 Å². The second-order valence-electron chi connectivity index (χ2n) is 5.81. The summed E-state index contributed by atoms with van der Waals surface area (Å²) in [5.74, 6) is 1.23. The summed E-state index contributed by atoms with van der Waals surface area (Å²) >= 11 is 6.39. The highest BCUT2D eigenvalue weighted by molar-refractivity contribution is 6.30. The van der Waals surface area contributed by atoms with Gasteiger partial charge in [0.15, 0.2) is 0 Å². The molecule has 1 atom stereocenters. The molecule has 1 aliphatic heterocycles. The van der Waals surface area contributed by atoms with Crippen molar-refractivity contribution in [1.82, 2.24) is 4.98 Å². The minimum atomic E-state index is -0.309. The Balaban J connectivity index is 1.65. The highest BCUT2D eigenvalue weighted by atomic mass is 35.5. The Hall–Kier alpha value is -2.79. The zero-order valence-electron chi connectivity index (χ0n) is 13.8. The first-order valence-electron chi connectivity index (χ1n) is 7.87. The molecular formula is C19H16ClN3O2. The second-order valence-corrected chi connectivity index (χ2v) is 6.26. The van der Waals surface area contributed by atoms with Gasteiger partial charge in [-0.1, -0.05) is 11.6 Å². The lowest BCUT2D eigenvalue weighted by Crippen LogP contribution is -2.33. The van der Waals surface area contributed by atoms with E-state index < -0.39 is 0 Å². The smallest absolute Gasteiger partial charge is 0.230 e. The molecule has 4 rings (SSSR count). The Kier molecular flexibility index (Phi) is 3.93. The fraction of sp³-hybridized carbons (Fsp3) is 0.158. The van der Waals surface area contributed by atoms with Gasteiger partial charge in [-0.05, 0) is 49.7 Å². The Bertz CT molecular complexity index is 993. The van der Waals surface area contributed by atoms with E-state index in [0.29, 0.717) is 11.6 Å². The molecule has 1 unspecified atom stereocenters. The summed E-state index contributed by atoms with van der Waals surface area (Å²) in [4.78, 5) is 10.5. The number of fused-ring (bicyclic) bond motifs is 1. The van der Waals surface area contributed by atoms with Gasteiger partial charge in [-0.3, -0.25) is 4.99 Å². The number of aromatic nitrogens is 1. The summed E-state index contributed by atoms with van der Waals surface area (Å²) in [7, 11) is 0. The van der Waals surface area contributed by atoms with Crippen molar-refractivity contribution in [3.8, 4) is 11.6 Å². The Morgan fingerprint density at radius 2 is 2.08 bits per heavy atom. The standard InChI is InChI=1S/C19H16ClN3O2/c1-12-9-14(25-19-15-6-8-24-17(15)5-7-22-19)3-4-16(12)23-13(2)10-21-11-18(23)20/h3-11,18H,1-2H3. The van der Waals surface area contributed by atoms with E-state index >= 15 is 0 Å². The number of nitrogens with zero attached hydrogens (tertiary/aromatic N) is 3. The number of aliphatic imine (C=N–C) groups is 1. The molecule has 126 valence electrons. The SMILES string of the molecule is CC1=CN=CC(Cl)N1c1ccc(Oc2nccc3occc23)cc1C. The molecule has 3 aromatic rings. The van der Waals surface area contributed by atoms with Gasteiger partial charge in [0.25, 0.3) is 0 Å². The van der Waals surface area contributed by atoms with Gasteiger partial charge in [0.05, 0.1) is 11.6 Å². The number of ether oxygens (including phenoxy) is 1. The summed E-state index contributed by atoms with van der Waals surface area (Å²) in [6.07, 6.45) is 6.80. The van der Waals surface area contributed by atoms with Crippen molar-refractivity contribution in [3.05, 3.63) is 60.3 Å². The van der Waals surface area contributed by atoms with Gasteiger partial charge in [-0.15, -0.1) is 0 Å². The second kappa shape index (κ2) is 6.26. The van der Waals surface area contributed by atoms with Crippen molar-refractivity contribution in [3.63, 3.8) is 0 Å². The third-order valence-electron chi connectivity index (χ3n) is 4.08. The minimum absolute atomic E-state index is 0.309. The molecule has 6 heteroatoms. The molecule has 0 spiro atoms. The predicted octanol–water partition coefficient (Wildman–Crippen LogP) is 5.25. The fourth-order valence-electron chi connectivity index (χ4n) is 2.89. The maximum atomic E-state index is 6.39. The van der Waals surface area contributed by atoms with Crippen LogP contribution in [0.5, 0.6) is 11.6 Å². The number of halogens is 1. The molecule has 0 bridgehead atoms. The maximum absolute atomic E-state index is 6.39. The lowest BCUT2D eigenvalue weighted by molar-refractivity contribution is 0.468. The van der Waals surface area contributed by atoms with Crippen LogP contribution in [0.1, 0.15) is 12.5 Å². The van der Waals surface area contributed by atoms with Crippen molar-refractivity contribution in [2.45, 2.75) is 19.3 Å². The molecule has 1 aromatic carbocycles. The van der Waals surface area contributed by atoms with Crippen molar-refractivity contribution in [1.29, 1.82) is 0 Å². The van der Waals surface area contributed by atoms with Crippen molar-refractivity contribution >= 4 is 34.5 Å². The molecule has 25 heavy (non-hydrogen) atoms. The van der Waals surface area contributed by atoms with E-state index in [2.05, 4.69) is 9.98 Å². The number of aryl methyl sites for hydroxylation is 1. The molecule has 3 heterocycles. The zero-order chi connectivity index (χ0) is 17.4. The normalized spacial score (nSPS) is 17.0. The van der Waals surface area contributed by atoms with Crippen LogP contribution in [0, 0.1) is 6.92 Å². The molecule has 0 aliphatic carbocycles. The van der Waals surface area contributed by atoms with Crippen LogP contribution >= 0.6 is 11.6 Å². The number of hydrogen-bond acceptors (Lipinski definition) is 5. The summed E-state index contributed by atoms with van der Waals surface area (Å²) in [6, 6.07) is 9.53. The van der Waals surface area contributed by atoms with Gasteiger partial charge in [-0.25, -0.2) is 4.98 Å². The molecule has 2 aromatic heterocycles. The number of allylic oxidation sites excluding steroid dienone is 1. The lowest BCUT2D eigenvalue weighted by Gasteiger charge is -2.31. The van der Waals surface area contributed by atoms with Crippen LogP contribution in [0.15, 0.2) is 64.1 Å². The summed E-state index contributed by atoms with van der Waals surface area (Å²) < 4.78 is 11.3. The lowest BCUT2D eigenvalue weighted by atomic mass is 10.1. The number of pyridine rings is 1. The van der Waals surface area contributed by atoms with Crippen LogP contribution in [0.3, 0.4) is 0 Å². The summed E-state index contributed by atoms with van der Waals surface area (Å²) in [6.45, 7) is 4.01. The molecule has 0 fully saturated rings. The quantitative estimate of drug-likeness (QED) is 0.477. The van der Waals surface area contributed by atoms with Gasteiger partial charge in [0, 0.05) is 30.0 Å². The van der Waals surface area contributed by atoms with Gasteiger partial charge in [0.2, 0.25) is 5.88 Å². The third-order valence-corrected chi connectivity index (χ3v) is 4.39. The van der Waals surface area contributed by atoms with E-state index in [1.54, 1.807) is 24.9 Å². The Morgan fingerprint density at radius 1 is 1.20 bits per heavy atom. The number of alkyl halides is 1. The van der Waals surface area contributed by atoms with Crippen molar-refractivity contribution in [2.24, 2.45) is 4.99 Å². The van der Waals surface area contributed by atoms with E-state index in [1.807, 2.05) is 49.1 Å². The number of anilines is 1. The molecular weight excluding hydrogens is 338 g/mol. The molecule has 0 N–H and O–H groups in total. The van der Waals surface area contributed by atoms with E-state index in [4.69, 9.17) is 20.8 Å². The molecule has 0 saturated carbocycles. The third kappa shape index (κ3) is 2.87. The van der Waals surface area contributed by atoms with Crippen LogP contribution in [-0.4, -0.2) is 16.7 Å². The zero-order valence-corrected chi connectivity index (χ0v) is 14.6. The first-order valence-corrected chi connectivity index (χ1v) is 8.31. The van der Waals surface area contributed by atoms with Crippen LogP contribution in [0.2, 0.25) is 0 Å². The maximum Gasteiger partial charge on any atom is 0.230 e. The van der Waals surface area contributed by atoms with Crippen LogP contribution < -0.4 is 9.64 Å². The predicted molar refractivity (Wildman–Crippen MR) is 99.6 cm³/mol. The number of hydrogen-bond donors (Lipinski definition) is 0. The molecule has 0 saturated heterocycles. The van der Waals surface area contributed by atoms with Crippen LogP contribution in [0.4, 0.5) is 5.69 Å². The molecule has 0 radical (unpaired) electrons. The molecule has 5 nitrogen and oxygen atoms in total. The average molecular weight is 354 g/mol. The summed E-state index contributed by atoms with van der Waals surface area (Å²) in [5.41, 5.74) is 3.49. The first-order chi connectivity index (χ1) is 12.1. The van der Waals surface area contributed by atoms with Crippen LogP contribution in [-0.2, 0) is 0 Å². The molecule has 1 aliphatic rings. The minimum Gasteiger partial charge on any atom is -0.464 e. The van der Waals surface area contributed by atoms with Crippen LogP contribution in [0.25, 0.3) is 11.0 Å². The Labute approximate surface area is 150 Å². The number of furan rings is 1.